The van der Waals surface area contributed by atoms with Crippen molar-refractivity contribution >= 4 is 82.9 Å². The zero-order chi connectivity index (χ0) is 73.0. The average Bonchev–Trinajstić information content (AvgIpc) is 1.11. The van der Waals surface area contributed by atoms with E-state index in [1.54, 1.807) is 109 Å². The van der Waals surface area contributed by atoms with E-state index in [4.69, 9.17) is 21.6 Å². The molecule has 0 bridgehead atoms. The minimum atomic E-state index is -2.56. The fraction of sp³-hybridized carbons (Fsp3) is 0.587. The van der Waals surface area contributed by atoms with Crippen LogP contribution in [0.3, 0.4) is 0 Å². The van der Waals surface area contributed by atoms with Gasteiger partial charge in [-0.2, -0.15) is 0 Å². The summed E-state index contributed by atoms with van der Waals surface area (Å²) in [7, 11) is 0. The molecule has 14 atom stereocenters. The maximum atomic E-state index is 15.0. The number of hydrogen-bond donors (Lipinski definition) is 20. The smallest absolute Gasteiger partial charge is 0.408 e. The molecule has 1 aliphatic heterocycles. The minimum Gasteiger partial charge on any atom is -0.444 e. The number of nitrogens with two attached hydrogens (primary N) is 2. The van der Waals surface area contributed by atoms with Crippen molar-refractivity contribution in [2.75, 3.05) is 26.2 Å². The maximum absolute atomic E-state index is 15.0. The van der Waals surface area contributed by atoms with Gasteiger partial charge >= 0.3 is 6.09 Å². The molecule has 0 aliphatic carbocycles. The Morgan fingerprint density at radius 1 is 0.619 bits per heavy atom. The normalized spacial score (nSPS) is 22.9. The van der Waals surface area contributed by atoms with Gasteiger partial charge in [-0.1, -0.05) is 109 Å². The van der Waals surface area contributed by atoms with Crippen LogP contribution in [0, 0.1) is 23.2 Å². The molecule has 97 heavy (non-hydrogen) atoms. The lowest BCUT2D eigenvalue weighted by molar-refractivity contribution is -0.140. The van der Waals surface area contributed by atoms with Gasteiger partial charge in [-0.05, 0) is 75.8 Å². The summed E-state index contributed by atoms with van der Waals surface area (Å²) in [5.74, 6) is -17.0. The van der Waals surface area contributed by atoms with E-state index in [2.05, 4.69) is 58.5 Å². The summed E-state index contributed by atoms with van der Waals surface area (Å²) >= 11 is 0. The number of aliphatic hydroxyl groups is 4. The summed E-state index contributed by atoms with van der Waals surface area (Å²) in [5, 5.41) is 82.7. The van der Waals surface area contributed by atoms with Gasteiger partial charge in [0.15, 0.2) is 12.1 Å². The highest BCUT2D eigenvalue weighted by atomic mass is 16.6. The number of nitrogens with one attached hydrogen (secondary N) is 14. The summed E-state index contributed by atoms with van der Waals surface area (Å²) in [4.78, 5) is 183. The van der Waals surface area contributed by atoms with Crippen LogP contribution in [0.4, 0.5) is 4.79 Å². The summed E-state index contributed by atoms with van der Waals surface area (Å²) in [6, 6.07) is -1.42. The number of alkyl carbamates (subject to hydrolysis) is 1. The number of benzene rings is 2. The van der Waals surface area contributed by atoms with Crippen molar-refractivity contribution in [1.82, 2.24) is 69.1 Å². The summed E-state index contributed by atoms with van der Waals surface area (Å²) in [6.45, 7) is 12.1. The molecule has 538 valence electrons. The number of carbonyl (C=O) groups excluding carboxylic acids is 13. The lowest BCUT2D eigenvalue weighted by atomic mass is 9.96. The van der Waals surface area contributed by atoms with Gasteiger partial charge in [0.2, 0.25) is 70.9 Å². The average molecular weight is 1370 g/mol. The maximum Gasteiger partial charge on any atom is 0.408 e. The third kappa shape index (κ3) is 28.0. The predicted molar refractivity (Wildman–Crippen MR) is 350 cm³/mol. The molecular weight excluding hydrogens is 1270 g/mol. The van der Waals surface area contributed by atoms with E-state index in [1.165, 1.54) is 13.8 Å². The van der Waals surface area contributed by atoms with Gasteiger partial charge in [0, 0.05) is 25.9 Å². The SMILES string of the molecule is CC[C@H](C)[C@@H]1NC(=O)[C@@H](CCCNC(=N)N)NC(=O)[C@H](CC(C)C)NC(=O)[C@H]([C@H](O)C(C)C)NC(=O)[C@@H](NC(=O)[C@H](Cc2ccccc2)NC(=O)[C@@H](Cc2ccccc2)NC(=O)OC(C)(C)C)CNC(=O)[C@H](CO)NC(=O)[C@H]([C@H](O)C(N)=O)NC(=O)CNC(=O)[C@H]([C@H](C)O)NC1=O. The van der Waals surface area contributed by atoms with Crippen molar-refractivity contribution in [3.8, 4) is 0 Å². The van der Waals surface area contributed by atoms with Crippen LogP contribution in [0.2, 0.25) is 0 Å². The summed E-state index contributed by atoms with van der Waals surface area (Å²) in [5.41, 5.74) is 10.8. The Balaban J connectivity index is 2.32. The zero-order valence-electron chi connectivity index (χ0n) is 56.2. The van der Waals surface area contributed by atoms with Gasteiger partial charge in [-0.3, -0.25) is 62.9 Å². The molecule has 13 amide bonds. The number of primary amides is 1. The number of aliphatic hydroxyl groups excluding tert-OH is 4. The first-order chi connectivity index (χ1) is 45.5. The van der Waals surface area contributed by atoms with Crippen molar-refractivity contribution in [1.29, 1.82) is 5.41 Å². The molecule has 2 aromatic carbocycles. The summed E-state index contributed by atoms with van der Waals surface area (Å²) < 4.78 is 5.46. The van der Waals surface area contributed by atoms with Gasteiger partial charge in [0.25, 0.3) is 0 Å². The highest BCUT2D eigenvalue weighted by Gasteiger charge is 2.41. The Morgan fingerprint density at radius 3 is 1.65 bits per heavy atom. The van der Waals surface area contributed by atoms with E-state index < -0.39 is 205 Å². The predicted octanol–water partition coefficient (Wildman–Crippen LogP) is -5.43. The molecule has 1 fully saturated rings. The zero-order valence-corrected chi connectivity index (χ0v) is 56.2. The highest BCUT2D eigenvalue weighted by Crippen LogP contribution is 2.16. The molecule has 0 spiro atoms. The Labute approximate surface area is 562 Å². The van der Waals surface area contributed by atoms with Gasteiger partial charge in [0.05, 0.1) is 25.4 Å². The van der Waals surface area contributed by atoms with Crippen LogP contribution >= 0.6 is 0 Å². The van der Waals surface area contributed by atoms with Gasteiger partial charge < -0.3 is 106 Å². The molecule has 2 aromatic rings. The van der Waals surface area contributed by atoms with Crippen molar-refractivity contribution < 1.29 is 87.5 Å². The third-order valence-corrected chi connectivity index (χ3v) is 15.2. The number of guanidine groups is 1. The Morgan fingerprint density at radius 2 is 1.13 bits per heavy atom. The molecule has 34 nitrogen and oxygen atoms in total. The molecule has 0 aromatic heterocycles. The van der Waals surface area contributed by atoms with E-state index >= 15 is 4.79 Å². The van der Waals surface area contributed by atoms with Crippen LogP contribution in [0.1, 0.15) is 106 Å². The van der Waals surface area contributed by atoms with Crippen LogP contribution in [-0.2, 0) is 75.1 Å². The van der Waals surface area contributed by atoms with E-state index in [0.29, 0.717) is 11.1 Å². The molecule has 0 unspecified atom stereocenters. The lowest BCUT2D eigenvalue weighted by Gasteiger charge is -2.31. The molecule has 1 heterocycles. The number of hydrogen-bond acceptors (Lipinski definition) is 19. The second-order valence-electron chi connectivity index (χ2n) is 25.4. The first kappa shape index (κ1) is 81.7. The molecule has 1 saturated heterocycles. The van der Waals surface area contributed by atoms with Gasteiger partial charge in [-0.25, -0.2) is 4.79 Å². The third-order valence-electron chi connectivity index (χ3n) is 15.2. The second-order valence-corrected chi connectivity index (χ2v) is 25.4. The molecule has 0 saturated carbocycles. The van der Waals surface area contributed by atoms with E-state index in [-0.39, 0.29) is 45.1 Å². The van der Waals surface area contributed by atoms with Crippen LogP contribution < -0.4 is 80.6 Å². The lowest BCUT2D eigenvalue weighted by Crippen LogP contribution is -2.65. The standard InChI is InChI=1S/C63H98N16O18/c1-11-33(6)44-58(93)78-45(34(7)81)57(92)69-29-43(82)76-47(49(84)50(64)85)60(95)74-42(30-80)51(86)68-28-41(56(91)79-46(48(83)32(4)5)59(94)72-38(25-31(2)3)53(88)70-37(52(87)77-44)23-18-24-67-61(65)66)73-54(89)39(26-35-19-14-12-15-20-35)71-55(90)40(27-36-21-16-13-17-22-36)75-62(96)97-63(8,9)10/h12-17,19-22,31-34,37-42,44-49,80-81,83-84H,11,18,23-30H2,1-10H3,(H2,64,85)(H,68,86)(H,69,92)(H,70,88)(H,71,90)(H,72,94)(H,73,89)(H,74,95)(H,75,96)(H,76,82)(H,77,87)(H,78,93)(H,79,91)(H4,65,66,67)/t33-,34-,37+,38-,39-,40+,41-,42-,44-,45-,46-,47-,48+,49-/m0/s1. The largest absolute Gasteiger partial charge is 0.444 e. The highest BCUT2D eigenvalue weighted by molar-refractivity contribution is 6.00. The number of rotatable bonds is 23. The van der Waals surface area contributed by atoms with Crippen molar-refractivity contribution in [2.45, 2.75) is 192 Å². The topological polar surface area (TPSA) is 544 Å². The fourth-order valence-corrected chi connectivity index (χ4v) is 9.64. The van der Waals surface area contributed by atoms with Crippen LogP contribution in [0.25, 0.3) is 0 Å². The Bertz CT molecular complexity index is 3040. The summed E-state index contributed by atoms with van der Waals surface area (Å²) in [6.07, 6.45) is -7.56. The van der Waals surface area contributed by atoms with Crippen molar-refractivity contribution in [3.63, 3.8) is 0 Å². The first-order valence-electron chi connectivity index (χ1n) is 31.8. The molecule has 3 rings (SSSR count). The number of carbonyl (C=O) groups is 13. The quantitative estimate of drug-likeness (QED) is 0.0280. The van der Waals surface area contributed by atoms with E-state index in [1.807, 2.05) is 10.6 Å². The second kappa shape index (κ2) is 39.5. The van der Waals surface area contributed by atoms with Crippen LogP contribution in [0.5, 0.6) is 0 Å². The van der Waals surface area contributed by atoms with E-state index in [9.17, 15) is 78.0 Å². The monoisotopic (exact) mass is 1370 g/mol. The Hall–Kier alpha value is -9.54. The number of amides is 13. The molecular formula is C63H98N16O18. The van der Waals surface area contributed by atoms with Crippen molar-refractivity contribution in [3.05, 3.63) is 71.8 Å². The number of ether oxygens (including phenoxy) is 1. The van der Waals surface area contributed by atoms with Gasteiger partial charge in [-0.15, -0.1) is 0 Å². The molecule has 1 aliphatic rings. The Kier molecular flexibility index (Phi) is 33.3. The molecule has 22 N–H and O–H groups in total. The van der Waals surface area contributed by atoms with Gasteiger partial charge in [0.1, 0.15) is 66.0 Å². The molecule has 34 heteroatoms. The van der Waals surface area contributed by atoms with E-state index in [0.717, 1.165) is 6.92 Å². The minimum absolute atomic E-state index is 0.00564. The van der Waals surface area contributed by atoms with Crippen LogP contribution in [-0.4, -0.2) is 214 Å². The van der Waals surface area contributed by atoms with Crippen LogP contribution in [0.15, 0.2) is 60.7 Å². The van der Waals surface area contributed by atoms with Crippen molar-refractivity contribution in [2.24, 2.45) is 29.2 Å². The molecule has 0 radical (unpaired) electrons. The first-order valence-corrected chi connectivity index (χ1v) is 31.8. The fourth-order valence-electron chi connectivity index (χ4n) is 9.64.